The molecule has 9 heavy (non-hydrogen) atoms. The van der Waals surface area contributed by atoms with Crippen molar-refractivity contribution >= 4 is 0 Å². The highest BCUT2D eigenvalue weighted by Crippen LogP contribution is 2.06. The second-order valence-electron chi connectivity index (χ2n) is 2.26. The molecule has 2 heteroatoms. The smallest absolute Gasteiger partial charge is 0.0377 e. The van der Waals surface area contributed by atoms with E-state index in [-0.39, 0.29) is 0 Å². The second-order valence-corrected chi connectivity index (χ2v) is 2.26. The van der Waals surface area contributed by atoms with Gasteiger partial charge in [-0.2, -0.15) is 0 Å². The maximum Gasteiger partial charge on any atom is 0.0377 e. The molecular formula is C7H14N2. The Bertz CT molecular complexity index is 118. The van der Waals surface area contributed by atoms with E-state index in [0.29, 0.717) is 0 Å². The second kappa shape index (κ2) is 2.87. The first kappa shape index (κ1) is 6.62. The molecule has 0 saturated heterocycles. The molecule has 0 spiro atoms. The van der Waals surface area contributed by atoms with Crippen molar-refractivity contribution in [1.29, 1.82) is 0 Å². The molecule has 0 atom stereocenters. The Labute approximate surface area is 56.5 Å². The van der Waals surface area contributed by atoms with Crippen LogP contribution in [0.15, 0.2) is 11.8 Å². The third-order valence-corrected chi connectivity index (χ3v) is 1.64. The zero-order chi connectivity index (χ0) is 6.69. The predicted molar refractivity (Wildman–Crippen MR) is 38.8 cm³/mol. The van der Waals surface area contributed by atoms with Gasteiger partial charge in [0.15, 0.2) is 0 Å². The maximum absolute atomic E-state index is 3.25. The lowest BCUT2D eigenvalue weighted by molar-refractivity contribution is 0.323. The Morgan fingerprint density at radius 2 is 2.44 bits per heavy atom. The van der Waals surface area contributed by atoms with Gasteiger partial charge in [0.25, 0.3) is 0 Å². The molecule has 0 radical (unpaired) electrons. The van der Waals surface area contributed by atoms with Gasteiger partial charge < -0.3 is 5.01 Å². The topological polar surface area (TPSA) is 15.3 Å². The summed E-state index contributed by atoms with van der Waals surface area (Å²) >= 11 is 0. The highest BCUT2D eigenvalue weighted by Gasteiger charge is 2.06. The van der Waals surface area contributed by atoms with Gasteiger partial charge in [-0.3, -0.25) is 0 Å². The predicted octanol–water partition coefficient (Wildman–Crippen LogP) is 1.12. The zero-order valence-electron chi connectivity index (χ0n) is 6.15. The Morgan fingerprint density at radius 3 is 2.78 bits per heavy atom. The molecule has 0 unspecified atom stereocenters. The molecule has 0 aromatic carbocycles. The van der Waals surface area contributed by atoms with Crippen molar-refractivity contribution < 1.29 is 0 Å². The van der Waals surface area contributed by atoms with Gasteiger partial charge in [0.1, 0.15) is 0 Å². The van der Waals surface area contributed by atoms with Crippen molar-refractivity contribution in [2.24, 2.45) is 0 Å². The van der Waals surface area contributed by atoms with Gasteiger partial charge in [-0.15, -0.1) is 0 Å². The van der Waals surface area contributed by atoms with Crippen LogP contribution in [0.5, 0.6) is 0 Å². The molecule has 0 aromatic heterocycles. The molecule has 0 saturated carbocycles. The van der Waals surface area contributed by atoms with Gasteiger partial charge in [-0.05, 0) is 18.9 Å². The van der Waals surface area contributed by atoms with E-state index in [9.17, 15) is 0 Å². The summed E-state index contributed by atoms with van der Waals surface area (Å²) in [6.07, 6.45) is 3.36. The van der Waals surface area contributed by atoms with Crippen LogP contribution in [-0.2, 0) is 0 Å². The molecule has 0 fully saturated rings. The molecular weight excluding hydrogens is 112 g/mol. The van der Waals surface area contributed by atoms with Crippen LogP contribution < -0.4 is 5.43 Å². The third kappa shape index (κ3) is 1.45. The molecule has 52 valence electrons. The first-order chi connectivity index (χ1) is 4.36. The fourth-order valence-electron chi connectivity index (χ4n) is 0.934. The van der Waals surface area contributed by atoms with E-state index < -0.39 is 0 Å². The minimum atomic E-state index is 1.05. The zero-order valence-corrected chi connectivity index (χ0v) is 6.15. The Kier molecular flexibility index (Phi) is 2.11. The summed E-state index contributed by atoms with van der Waals surface area (Å²) in [7, 11) is 0. The molecule has 1 aliphatic rings. The number of hydrogen-bond acceptors (Lipinski definition) is 2. The molecule has 0 aromatic rings. The number of hydrogen-bond donors (Lipinski definition) is 1. The number of nitrogens with zero attached hydrogens (tertiary/aromatic N) is 1. The first-order valence-electron chi connectivity index (χ1n) is 3.56. The molecule has 1 aliphatic heterocycles. The standard InChI is InChI=1S/C7H14N2/c1-3-7-5-8-9(4-2)6-7/h6,8H,3-5H2,1-2H3. The van der Waals surface area contributed by atoms with Crippen molar-refractivity contribution in [3.8, 4) is 0 Å². The van der Waals surface area contributed by atoms with Gasteiger partial charge in [-0.1, -0.05) is 6.92 Å². The SMILES string of the molecule is CCC1=CN(CC)NC1. The van der Waals surface area contributed by atoms with Gasteiger partial charge in [-0.25, -0.2) is 5.43 Å². The van der Waals surface area contributed by atoms with E-state index >= 15 is 0 Å². The van der Waals surface area contributed by atoms with Crippen molar-refractivity contribution in [3.63, 3.8) is 0 Å². The average Bonchev–Trinajstić information content (AvgIpc) is 2.34. The average molecular weight is 126 g/mol. The summed E-state index contributed by atoms with van der Waals surface area (Å²) in [5, 5.41) is 2.12. The van der Waals surface area contributed by atoms with Crippen LogP contribution in [0.4, 0.5) is 0 Å². The Balaban J connectivity index is 2.40. The minimum absolute atomic E-state index is 1.05. The fourth-order valence-corrected chi connectivity index (χ4v) is 0.934. The highest BCUT2D eigenvalue weighted by molar-refractivity contribution is 5.06. The molecule has 1 rings (SSSR count). The van der Waals surface area contributed by atoms with Crippen molar-refractivity contribution in [2.45, 2.75) is 20.3 Å². The normalized spacial score (nSPS) is 18.4. The molecule has 0 aliphatic carbocycles. The molecule has 0 bridgehead atoms. The van der Waals surface area contributed by atoms with Crippen LogP contribution in [0.3, 0.4) is 0 Å². The molecule has 1 heterocycles. The fraction of sp³-hybridized carbons (Fsp3) is 0.714. The minimum Gasteiger partial charge on any atom is -0.316 e. The van der Waals surface area contributed by atoms with E-state index in [1.807, 2.05) is 0 Å². The highest BCUT2D eigenvalue weighted by atomic mass is 15.5. The lowest BCUT2D eigenvalue weighted by atomic mass is 10.2. The van der Waals surface area contributed by atoms with Crippen LogP contribution in [0, 0.1) is 0 Å². The largest absolute Gasteiger partial charge is 0.316 e. The lowest BCUT2D eigenvalue weighted by Crippen LogP contribution is -2.28. The molecule has 0 amide bonds. The van der Waals surface area contributed by atoms with Crippen molar-refractivity contribution in [3.05, 3.63) is 11.8 Å². The molecule has 2 nitrogen and oxygen atoms in total. The Morgan fingerprint density at radius 1 is 1.67 bits per heavy atom. The van der Waals surface area contributed by atoms with E-state index in [4.69, 9.17) is 0 Å². The van der Waals surface area contributed by atoms with Crippen LogP contribution in [0.25, 0.3) is 0 Å². The van der Waals surface area contributed by atoms with Gasteiger partial charge in [0, 0.05) is 19.3 Å². The van der Waals surface area contributed by atoms with Crippen molar-refractivity contribution in [1.82, 2.24) is 10.4 Å². The lowest BCUT2D eigenvalue weighted by Gasteiger charge is -2.10. The number of rotatable bonds is 2. The first-order valence-corrected chi connectivity index (χ1v) is 3.56. The van der Waals surface area contributed by atoms with Crippen LogP contribution >= 0.6 is 0 Å². The Hall–Kier alpha value is -0.500. The van der Waals surface area contributed by atoms with Crippen LogP contribution in [0.2, 0.25) is 0 Å². The molecule has 1 N–H and O–H groups in total. The summed E-state index contributed by atoms with van der Waals surface area (Å²) in [5.74, 6) is 0. The van der Waals surface area contributed by atoms with E-state index in [0.717, 1.165) is 13.1 Å². The summed E-state index contributed by atoms with van der Waals surface area (Å²) in [6.45, 7) is 6.43. The van der Waals surface area contributed by atoms with Gasteiger partial charge in [0.2, 0.25) is 0 Å². The van der Waals surface area contributed by atoms with Gasteiger partial charge in [0.05, 0.1) is 0 Å². The summed E-state index contributed by atoms with van der Waals surface area (Å²) < 4.78 is 0. The number of nitrogens with one attached hydrogen (secondary N) is 1. The van der Waals surface area contributed by atoms with Gasteiger partial charge >= 0.3 is 0 Å². The van der Waals surface area contributed by atoms with E-state index in [1.165, 1.54) is 12.0 Å². The third-order valence-electron chi connectivity index (χ3n) is 1.64. The maximum atomic E-state index is 3.25. The summed E-state index contributed by atoms with van der Waals surface area (Å²) in [4.78, 5) is 0. The van der Waals surface area contributed by atoms with E-state index in [1.54, 1.807) is 0 Å². The quantitative estimate of drug-likeness (QED) is 0.596. The van der Waals surface area contributed by atoms with E-state index in [2.05, 4.69) is 30.5 Å². The van der Waals surface area contributed by atoms with Crippen LogP contribution in [0.1, 0.15) is 20.3 Å². The summed E-state index contributed by atoms with van der Waals surface area (Å²) in [5.41, 5.74) is 4.75. The summed E-state index contributed by atoms with van der Waals surface area (Å²) in [6, 6.07) is 0. The number of hydrazine groups is 1. The van der Waals surface area contributed by atoms with Crippen molar-refractivity contribution in [2.75, 3.05) is 13.1 Å². The monoisotopic (exact) mass is 126 g/mol. The van der Waals surface area contributed by atoms with Crippen LogP contribution in [-0.4, -0.2) is 18.1 Å².